The summed E-state index contributed by atoms with van der Waals surface area (Å²) in [5.74, 6) is 2.17. The van der Waals surface area contributed by atoms with Crippen LogP contribution in [0.5, 0.6) is 11.5 Å². The lowest BCUT2D eigenvalue weighted by Crippen LogP contribution is -2.14. The maximum Gasteiger partial charge on any atom is 0.234 e. The van der Waals surface area contributed by atoms with E-state index in [1.54, 1.807) is 49.5 Å². The Kier molecular flexibility index (Phi) is 7.78. The van der Waals surface area contributed by atoms with E-state index in [2.05, 4.69) is 10.3 Å². The maximum atomic E-state index is 12.3. The van der Waals surface area contributed by atoms with Crippen molar-refractivity contribution in [1.82, 2.24) is 4.98 Å². The van der Waals surface area contributed by atoms with Crippen molar-refractivity contribution in [3.8, 4) is 11.5 Å². The van der Waals surface area contributed by atoms with Crippen LogP contribution in [0.1, 0.15) is 11.1 Å². The number of hydrogen-bond donors (Lipinski definition) is 1. The fourth-order valence-electron chi connectivity index (χ4n) is 2.55. The predicted octanol–water partition coefficient (Wildman–Crippen LogP) is 5.19. The Morgan fingerprint density at radius 2 is 1.93 bits per heavy atom. The fraction of sp³-hybridized carbons (Fsp3) is 0.182. The van der Waals surface area contributed by atoms with Gasteiger partial charge in [-0.15, -0.1) is 11.8 Å². The summed E-state index contributed by atoms with van der Waals surface area (Å²) in [4.78, 5) is 16.3. The topological polar surface area (TPSA) is 60.5 Å². The van der Waals surface area contributed by atoms with E-state index in [-0.39, 0.29) is 5.91 Å². The van der Waals surface area contributed by atoms with Crippen molar-refractivity contribution in [2.24, 2.45) is 0 Å². The van der Waals surface area contributed by atoms with E-state index in [0.717, 1.165) is 16.9 Å². The molecular formula is C22H21ClN2O3S. The van der Waals surface area contributed by atoms with Crippen molar-refractivity contribution in [1.29, 1.82) is 0 Å². The number of hydrogen-bond acceptors (Lipinski definition) is 5. The molecule has 0 unspecified atom stereocenters. The van der Waals surface area contributed by atoms with Gasteiger partial charge in [0.25, 0.3) is 0 Å². The number of benzene rings is 2. The fourth-order valence-corrected chi connectivity index (χ4v) is 3.46. The summed E-state index contributed by atoms with van der Waals surface area (Å²) in [6, 6.07) is 16.7. The van der Waals surface area contributed by atoms with Gasteiger partial charge in [0.2, 0.25) is 5.91 Å². The number of rotatable bonds is 9. The lowest BCUT2D eigenvalue weighted by Gasteiger charge is -2.13. The van der Waals surface area contributed by atoms with Crippen molar-refractivity contribution in [2.75, 3.05) is 18.2 Å². The highest BCUT2D eigenvalue weighted by Crippen LogP contribution is 2.31. The van der Waals surface area contributed by atoms with Crippen LogP contribution < -0.4 is 14.8 Å². The summed E-state index contributed by atoms with van der Waals surface area (Å²) in [6.45, 7) is 0.360. The molecule has 0 aliphatic heterocycles. The van der Waals surface area contributed by atoms with Gasteiger partial charge in [-0.05, 0) is 35.9 Å². The molecule has 1 aromatic heterocycles. The minimum Gasteiger partial charge on any atom is -0.493 e. The average molecular weight is 429 g/mol. The molecule has 0 saturated carbocycles. The quantitative estimate of drug-likeness (QED) is 0.508. The molecule has 3 rings (SSSR count). The summed E-state index contributed by atoms with van der Waals surface area (Å²) < 4.78 is 11.2. The van der Waals surface area contributed by atoms with Gasteiger partial charge in [-0.3, -0.25) is 9.78 Å². The van der Waals surface area contributed by atoms with Gasteiger partial charge in [0.05, 0.1) is 12.9 Å². The molecule has 0 aliphatic rings. The van der Waals surface area contributed by atoms with Crippen LogP contribution in [0.4, 0.5) is 5.69 Å². The van der Waals surface area contributed by atoms with E-state index in [1.165, 1.54) is 0 Å². The third kappa shape index (κ3) is 6.69. The summed E-state index contributed by atoms with van der Waals surface area (Å²) in [7, 11) is 1.58. The molecule has 7 heteroatoms. The lowest BCUT2D eigenvalue weighted by molar-refractivity contribution is -0.113. The largest absolute Gasteiger partial charge is 0.493 e. The number of amides is 1. The summed E-state index contributed by atoms with van der Waals surface area (Å²) >= 11 is 7.43. The second-order valence-corrected chi connectivity index (χ2v) is 7.61. The van der Waals surface area contributed by atoms with E-state index in [1.807, 2.05) is 36.4 Å². The van der Waals surface area contributed by atoms with Gasteiger partial charge in [-0.1, -0.05) is 29.8 Å². The van der Waals surface area contributed by atoms with Crippen LogP contribution in [-0.4, -0.2) is 23.8 Å². The first-order valence-electron chi connectivity index (χ1n) is 8.96. The highest BCUT2D eigenvalue weighted by Gasteiger charge is 2.09. The highest BCUT2D eigenvalue weighted by molar-refractivity contribution is 7.99. The number of ether oxygens (including phenoxy) is 2. The van der Waals surface area contributed by atoms with Gasteiger partial charge in [0, 0.05) is 40.5 Å². The van der Waals surface area contributed by atoms with E-state index >= 15 is 0 Å². The van der Waals surface area contributed by atoms with E-state index in [9.17, 15) is 4.79 Å². The number of anilines is 1. The Bertz CT molecular complexity index is 937. The molecular weight excluding hydrogens is 408 g/mol. The van der Waals surface area contributed by atoms with Crippen LogP contribution >= 0.6 is 23.4 Å². The molecule has 1 N–H and O–H groups in total. The van der Waals surface area contributed by atoms with Crippen molar-refractivity contribution >= 4 is 35.0 Å². The number of nitrogens with one attached hydrogen (secondary N) is 1. The molecule has 0 fully saturated rings. The molecule has 0 spiro atoms. The number of carbonyl (C=O) groups excluding carboxylic acids is 1. The van der Waals surface area contributed by atoms with Crippen LogP contribution in [0.15, 0.2) is 67.0 Å². The molecule has 29 heavy (non-hydrogen) atoms. The highest BCUT2D eigenvalue weighted by atomic mass is 35.5. The minimum absolute atomic E-state index is 0.0765. The normalized spacial score (nSPS) is 10.4. The zero-order valence-electron chi connectivity index (χ0n) is 15.9. The molecule has 1 amide bonds. The van der Waals surface area contributed by atoms with E-state index in [0.29, 0.717) is 34.6 Å². The zero-order chi connectivity index (χ0) is 20.5. The van der Waals surface area contributed by atoms with Gasteiger partial charge in [0.1, 0.15) is 6.61 Å². The summed E-state index contributed by atoms with van der Waals surface area (Å²) in [6.07, 6.45) is 3.46. The van der Waals surface area contributed by atoms with Crippen molar-refractivity contribution in [2.45, 2.75) is 12.4 Å². The molecule has 0 atom stereocenters. The summed E-state index contributed by atoms with van der Waals surface area (Å²) in [5.41, 5.74) is 2.73. The summed E-state index contributed by atoms with van der Waals surface area (Å²) in [5, 5.41) is 3.60. The molecule has 150 valence electrons. The first-order chi connectivity index (χ1) is 14.1. The van der Waals surface area contributed by atoms with Crippen molar-refractivity contribution in [3.63, 3.8) is 0 Å². The van der Waals surface area contributed by atoms with Gasteiger partial charge < -0.3 is 14.8 Å². The van der Waals surface area contributed by atoms with Crippen LogP contribution in [0.25, 0.3) is 0 Å². The second kappa shape index (κ2) is 10.7. The molecule has 1 heterocycles. The first-order valence-corrected chi connectivity index (χ1v) is 10.5. The average Bonchev–Trinajstić information content (AvgIpc) is 2.74. The molecule has 0 saturated heterocycles. The molecule has 2 aromatic carbocycles. The number of aromatic nitrogens is 1. The zero-order valence-corrected chi connectivity index (χ0v) is 17.5. The first kappa shape index (κ1) is 21.0. The number of carbonyl (C=O) groups is 1. The van der Waals surface area contributed by atoms with Gasteiger partial charge in [-0.2, -0.15) is 0 Å². The number of methoxy groups -OCH3 is 1. The van der Waals surface area contributed by atoms with E-state index in [4.69, 9.17) is 21.1 Å². The van der Waals surface area contributed by atoms with Gasteiger partial charge >= 0.3 is 0 Å². The Morgan fingerprint density at radius 1 is 1.10 bits per heavy atom. The van der Waals surface area contributed by atoms with Crippen LogP contribution in [0.2, 0.25) is 5.02 Å². The molecule has 0 radical (unpaired) electrons. The van der Waals surface area contributed by atoms with Crippen molar-refractivity contribution < 1.29 is 14.3 Å². The standard InChI is InChI=1S/C22H21ClN2O3S/c1-27-20-9-8-19(11-21(20)28-13-17-3-2-10-24-12-17)25-22(26)15-29-14-16-4-6-18(23)7-5-16/h2-12H,13-15H2,1H3,(H,25,26). The number of thioether (sulfide) groups is 1. The van der Waals surface area contributed by atoms with Gasteiger partial charge in [0.15, 0.2) is 11.5 Å². The SMILES string of the molecule is COc1ccc(NC(=O)CSCc2ccc(Cl)cc2)cc1OCc1cccnc1. The molecule has 3 aromatic rings. The third-order valence-corrected chi connectivity index (χ3v) is 5.24. The Hall–Kier alpha value is -2.70. The van der Waals surface area contributed by atoms with Crippen LogP contribution in [-0.2, 0) is 17.2 Å². The number of pyridine rings is 1. The third-order valence-electron chi connectivity index (χ3n) is 3.98. The van der Waals surface area contributed by atoms with Crippen molar-refractivity contribution in [3.05, 3.63) is 83.1 Å². The van der Waals surface area contributed by atoms with E-state index < -0.39 is 0 Å². The van der Waals surface area contributed by atoms with Gasteiger partial charge in [-0.25, -0.2) is 0 Å². The Morgan fingerprint density at radius 3 is 2.66 bits per heavy atom. The Labute approximate surface area is 179 Å². The molecule has 0 aliphatic carbocycles. The smallest absolute Gasteiger partial charge is 0.234 e. The molecule has 0 bridgehead atoms. The Balaban J connectivity index is 1.54. The van der Waals surface area contributed by atoms with Crippen LogP contribution in [0.3, 0.4) is 0 Å². The maximum absolute atomic E-state index is 12.3. The monoisotopic (exact) mass is 428 g/mol. The molecule has 5 nitrogen and oxygen atoms in total. The number of nitrogens with zero attached hydrogens (tertiary/aromatic N) is 1. The number of halogens is 1. The predicted molar refractivity (Wildman–Crippen MR) is 118 cm³/mol. The second-order valence-electron chi connectivity index (χ2n) is 6.18. The lowest BCUT2D eigenvalue weighted by atomic mass is 10.2. The van der Waals surface area contributed by atoms with Crippen LogP contribution in [0, 0.1) is 0 Å². The minimum atomic E-state index is -0.0765.